The van der Waals surface area contributed by atoms with Crippen LogP contribution in [0.1, 0.15) is 33.4 Å². The molecule has 1 aromatic heterocycles. The average molecular weight is 515 g/mol. The molecule has 0 saturated carbocycles. The smallest absolute Gasteiger partial charge is 0.265 e. The fourth-order valence-electron chi connectivity index (χ4n) is 4.64. The molecule has 6 rings (SSSR count). The Bertz CT molecular complexity index is 1550. The summed E-state index contributed by atoms with van der Waals surface area (Å²) in [4.78, 5) is 9.11. The number of fused-ring (bicyclic) bond motifs is 3. The van der Waals surface area contributed by atoms with Crippen LogP contribution in [0, 0.1) is 6.92 Å². The number of benzene rings is 3. The lowest BCUT2D eigenvalue weighted by Gasteiger charge is -2.33. The monoisotopic (exact) mass is 514 g/mol. The lowest BCUT2D eigenvalue weighted by atomic mass is 9.78. The lowest BCUT2D eigenvalue weighted by Crippen LogP contribution is -2.43. The van der Waals surface area contributed by atoms with Crippen LogP contribution in [-0.4, -0.2) is 21.8 Å². The Morgan fingerprint density at radius 3 is 2.50 bits per heavy atom. The molecule has 178 valence electrons. The minimum atomic E-state index is -1.50. The molecule has 7 nitrogen and oxygen atoms in total. The van der Waals surface area contributed by atoms with E-state index in [-0.39, 0.29) is 0 Å². The second-order valence-electron chi connectivity index (χ2n) is 8.58. The van der Waals surface area contributed by atoms with E-state index in [0.717, 1.165) is 22.4 Å². The van der Waals surface area contributed by atoms with Crippen LogP contribution in [0.5, 0.6) is 0 Å². The SMILES string of the molecule is Cc1ccncc1C(O)(c1ccc(Cl)cc1)c1ccc2c(c1)C(c1cccc(Cl)c1)=NC1=NNNN12. The fourth-order valence-corrected chi connectivity index (χ4v) is 4.96. The molecule has 2 aliphatic rings. The van der Waals surface area contributed by atoms with Crippen LogP contribution in [0.3, 0.4) is 0 Å². The largest absolute Gasteiger partial charge is 0.376 e. The first-order chi connectivity index (χ1) is 17.4. The van der Waals surface area contributed by atoms with Gasteiger partial charge in [-0.05, 0) is 66.1 Å². The summed E-state index contributed by atoms with van der Waals surface area (Å²) in [6.45, 7) is 1.96. The van der Waals surface area contributed by atoms with Crippen molar-refractivity contribution in [1.82, 2.24) is 16.1 Å². The van der Waals surface area contributed by atoms with Crippen LogP contribution in [0.2, 0.25) is 10.0 Å². The highest BCUT2D eigenvalue weighted by Crippen LogP contribution is 2.41. The van der Waals surface area contributed by atoms with E-state index in [2.05, 4.69) is 21.2 Å². The zero-order valence-electron chi connectivity index (χ0n) is 19.1. The number of anilines is 1. The maximum atomic E-state index is 12.5. The van der Waals surface area contributed by atoms with E-state index < -0.39 is 5.60 Å². The van der Waals surface area contributed by atoms with Crippen LogP contribution < -0.4 is 16.1 Å². The van der Waals surface area contributed by atoms with Crippen LogP contribution in [-0.2, 0) is 5.60 Å². The van der Waals surface area contributed by atoms with E-state index in [9.17, 15) is 5.11 Å². The van der Waals surface area contributed by atoms with Gasteiger partial charge in [-0.1, -0.05) is 53.5 Å². The molecule has 9 heteroatoms. The third-order valence-electron chi connectivity index (χ3n) is 6.43. The normalized spacial score (nSPS) is 15.8. The topological polar surface area (TPSA) is 85.1 Å². The number of aryl methyl sites for hydroxylation is 1. The van der Waals surface area contributed by atoms with E-state index in [4.69, 9.17) is 28.2 Å². The molecular weight excluding hydrogens is 495 g/mol. The first kappa shape index (κ1) is 22.7. The zero-order valence-corrected chi connectivity index (χ0v) is 20.6. The zero-order chi connectivity index (χ0) is 24.9. The van der Waals surface area contributed by atoms with Crippen LogP contribution >= 0.6 is 23.2 Å². The minimum absolute atomic E-state index is 0.473. The Morgan fingerprint density at radius 2 is 1.72 bits per heavy atom. The average Bonchev–Trinajstić information content (AvgIpc) is 3.37. The van der Waals surface area contributed by atoms with Crippen molar-refractivity contribution in [2.45, 2.75) is 12.5 Å². The number of hydrogen-bond donors (Lipinski definition) is 3. The van der Waals surface area contributed by atoms with E-state index in [1.807, 2.05) is 67.6 Å². The number of aliphatic imine (C=N–C) groups is 1. The van der Waals surface area contributed by atoms with E-state index in [0.29, 0.717) is 38.4 Å². The van der Waals surface area contributed by atoms with Gasteiger partial charge in [-0.3, -0.25) is 4.98 Å². The molecule has 3 aromatic carbocycles. The van der Waals surface area contributed by atoms with Crippen molar-refractivity contribution in [3.63, 3.8) is 0 Å². The molecule has 1 atom stereocenters. The molecule has 2 aliphatic heterocycles. The van der Waals surface area contributed by atoms with Gasteiger partial charge >= 0.3 is 0 Å². The fraction of sp³-hybridized carbons (Fsp3) is 0.0741. The molecule has 1 unspecified atom stereocenters. The van der Waals surface area contributed by atoms with Crippen molar-refractivity contribution in [3.05, 3.63) is 129 Å². The first-order valence-electron chi connectivity index (χ1n) is 11.2. The summed E-state index contributed by atoms with van der Waals surface area (Å²) in [6.07, 6.45) is 3.41. The predicted octanol–water partition coefficient (Wildman–Crippen LogP) is 4.93. The molecule has 0 amide bonds. The lowest BCUT2D eigenvalue weighted by molar-refractivity contribution is 0.124. The van der Waals surface area contributed by atoms with Crippen LogP contribution in [0.25, 0.3) is 0 Å². The molecule has 0 aliphatic carbocycles. The molecule has 3 N–H and O–H groups in total. The van der Waals surface area contributed by atoms with Crippen LogP contribution in [0.15, 0.2) is 95.3 Å². The summed E-state index contributed by atoms with van der Waals surface area (Å²) < 4.78 is 0. The third kappa shape index (κ3) is 3.65. The van der Waals surface area contributed by atoms with Gasteiger partial charge in [0.2, 0.25) is 0 Å². The van der Waals surface area contributed by atoms with E-state index in [1.54, 1.807) is 29.5 Å². The number of guanidine groups is 1. The van der Waals surface area contributed by atoms with Crippen molar-refractivity contribution in [2.24, 2.45) is 10.1 Å². The van der Waals surface area contributed by atoms with Crippen molar-refractivity contribution < 1.29 is 5.11 Å². The molecule has 0 saturated heterocycles. The third-order valence-corrected chi connectivity index (χ3v) is 6.92. The van der Waals surface area contributed by atoms with Crippen molar-refractivity contribution in [3.8, 4) is 0 Å². The first-order valence-corrected chi connectivity index (χ1v) is 12.0. The Balaban J connectivity index is 1.60. The summed E-state index contributed by atoms with van der Waals surface area (Å²) in [6, 6.07) is 22.4. The summed E-state index contributed by atoms with van der Waals surface area (Å²) in [7, 11) is 0. The number of hydrazone groups is 1. The van der Waals surface area contributed by atoms with Gasteiger partial charge in [-0.15, -0.1) is 10.6 Å². The Labute approximate surface area is 217 Å². The maximum Gasteiger partial charge on any atom is 0.265 e. The van der Waals surface area contributed by atoms with Gasteiger partial charge in [0, 0.05) is 39.1 Å². The predicted molar refractivity (Wildman–Crippen MR) is 142 cm³/mol. The number of rotatable bonds is 4. The van der Waals surface area contributed by atoms with Gasteiger partial charge in [0.15, 0.2) is 0 Å². The van der Waals surface area contributed by atoms with E-state index in [1.165, 1.54) is 0 Å². The Hall–Kier alpha value is -3.75. The summed E-state index contributed by atoms with van der Waals surface area (Å²) >= 11 is 12.5. The number of hydrogen-bond acceptors (Lipinski definition) is 7. The molecule has 0 fully saturated rings. The summed E-state index contributed by atoms with van der Waals surface area (Å²) in [5, 5.41) is 19.7. The maximum absolute atomic E-state index is 12.5. The standard InChI is InChI=1S/C27H20Cl2N6O/c1-16-11-12-30-15-23(16)27(36,18-5-8-20(28)9-6-18)19-7-10-24-22(14-19)25(17-3-2-4-21(29)13-17)31-26-32-33-34-35(24)26/h2-15,33-34,36H,1H3. The quantitative estimate of drug-likeness (QED) is 0.359. The highest BCUT2D eigenvalue weighted by molar-refractivity contribution is 6.32. The van der Waals surface area contributed by atoms with Gasteiger partial charge in [-0.2, -0.15) is 0 Å². The number of pyridine rings is 1. The molecule has 0 bridgehead atoms. The van der Waals surface area contributed by atoms with Crippen LogP contribution in [0.4, 0.5) is 5.69 Å². The molecular formula is C27H20Cl2N6O. The van der Waals surface area contributed by atoms with Gasteiger partial charge in [0.05, 0.1) is 11.4 Å². The van der Waals surface area contributed by atoms with Gasteiger partial charge in [0.1, 0.15) is 5.60 Å². The highest BCUT2D eigenvalue weighted by Gasteiger charge is 2.38. The molecule has 0 spiro atoms. The number of aliphatic hydroxyl groups is 1. The molecule has 4 aromatic rings. The second-order valence-corrected chi connectivity index (χ2v) is 9.45. The Morgan fingerprint density at radius 1 is 0.917 bits per heavy atom. The summed E-state index contributed by atoms with van der Waals surface area (Å²) in [5.74, 6) is 0.473. The number of aromatic nitrogens is 1. The number of halogens is 2. The van der Waals surface area contributed by atoms with E-state index >= 15 is 0 Å². The van der Waals surface area contributed by atoms with Crippen molar-refractivity contribution in [1.29, 1.82) is 0 Å². The molecule has 3 heterocycles. The molecule has 0 radical (unpaired) electrons. The number of nitrogens with zero attached hydrogens (tertiary/aromatic N) is 4. The number of nitrogens with one attached hydrogen (secondary N) is 2. The minimum Gasteiger partial charge on any atom is -0.376 e. The molecule has 36 heavy (non-hydrogen) atoms. The van der Waals surface area contributed by atoms with Gasteiger partial charge in [0.25, 0.3) is 5.96 Å². The Kier molecular flexibility index (Phi) is 5.50. The van der Waals surface area contributed by atoms with Gasteiger partial charge < -0.3 is 5.11 Å². The number of hydrazine groups is 2. The van der Waals surface area contributed by atoms with Gasteiger partial charge in [-0.25, -0.2) is 15.5 Å². The van der Waals surface area contributed by atoms with Crippen molar-refractivity contribution in [2.75, 3.05) is 5.01 Å². The second kappa shape index (κ2) is 8.72. The summed E-state index contributed by atoms with van der Waals surface area (Å²) in [5.41, 5.74) is 10.3. The van der Waals surface area contributed by atoms with Crippen molar-refractivity contribution >= 4 is 40.6 Å². The highest BCUT2D eigenvalue weighted by atomic mass is 35.5.